The highest BCUT2D eigenvalue weighted by molar-refractivity contribution is 6.00. The molecule has 3 aromatic carbocycles. The highest BCUT2D eigenvalue weighted by Crippen LogP contribution is 2.25. The van der Waals surface area contributed by atoms with Gasteiger partial charge in [0.2, 0.25) is 0 Å². The molecule has 1 amide bonds. The van der Waals surface area contributed by atoms with Crippen LogP contribution in [0.15, 0.2) is 66.7 Å². The molecule has 0 spiro atoms. The summed E-state index contributed by atoms with van der Waals surface area (Å²) in [4.78, 5) is 33.3. The lowest BCUT2D eigenvalue weighted by Crippen LogP contribution is -2.30. The van der Waals surface area contributed by atoms with Crippen molar-refractivity contribution in [2.45, 2.75) is 26.9 Å². The zero-order chi connectivity index (χ0) is 22.0. The smallest absolute Gasteiger partial charge is 0.339 e. The number of aromatic amines is 1. The lowest BCUT2D eigenvalue weighted by atomic mass is 10.1. The quantitative estimate of drug-likeness (QED) is 0.450. The van der Waals surface area contributed by atoms with E-state index in [1.54, 1.807) is 25.1 Å². The summed E-state index contributed by atoms with van der Waals surface area (Å²) in [6.07, 6.45) is -0.962. The maximum absolute atomic E-state index is 12.9. The molecule has 6 nitrogen and oxygen atoms in total. The molecule has 0 saturated carbocycles. The number of nitrogens with one attached hydrogen (secondary N) is 2. The number of para-hydroxylation sites is 2. The van der Waals surface area contributed by atoms with Crippen molar-refractivity contribution in [3.05, 3.63) is 83.4 Å². The molecule has 2 N–H and O–H groups in total. The zero-order valence-corrected chi connectivity index (χ0v) is 17.6. The van der Waals surface area contributed by atoms with Gasteiger partial charge in [-0.2, -0.15) is 0 Å². The van der Waals surface area contributed by atoms with Crippen LogP contribution in [0.2, 0.25) is 0 Å². The minimum atomic E-state index is -0.962. The Morgan fingerprint density at radius 1 is 1.00 bits per heavy atom. The standard InChI is InChI=1S/C25H23N3O3/c1-15-12-13-16(2)22(14-15)28-24(29)17(3)31-25(30)19-9-5-4-8-18(19)23-26-20-10-6-7-11-21(20)27-23/h4-14,17H,1-3H3,(H,26,27)(H,28,29). The molecule has 1 atom stereocenters. The van der Waals surface area contributed by atoms with Gasteiger partial charge in [0.05, 0.1) is 16.6 Å². The minimum absolute atomic E-state index is 0.341. The van der Waals surface area contributed by atoms with E-state index < -0.39 is 12.1 Å². The van der Waals surface area contributed by atoms with Crippen molar-refractivity contribution < 1.29 is 14.3 Å². The highest BCUT2D eigenvalue weighted by atomic mass is 16.5. The summed E-state index contributed by atoms with van der Waals surface area (Å²) in [6.45, 7) is 5.42. The lowest BCUT2D eigenvalue weighted by Gasteiger charge is -2.16. The SMILES string of the molecule is Cc1ccc(C)c(NC(=O)C(C)OC(=O)c2ccccc2-c2nc3ccccc3[nH]2)c1. The maximum atomic E-state index is 12.9. The predicted octanol–water partition coefficient (Wildman–Crippen LogP) is 5.03. The number of hydrogen-bond donors (Lipinski definition) is 2. The van der Waals surface area contributed by atoms with Gasteiger partial charge in [0.15, 0.2) is 6.10 Å². The van der Waals surface area contributed by atoms with Gasteiger partial charge in [-0.3, -0.25) is 4.79 Å². The summed E-state index contributed by atoms with van der Waals surface area (Å²) < 4.78 is 5.48. The molecule has 1 heterocycles. The van der Waals surface area contributed by atoms with Crippen LogP contribution < -0.4 is 5.32 Å². The Labute approximate surface area is 180 Å². The highest BCUT2D eigenvalue weighted by Gasteiger charge is 2.22. The van der Waals surface area contributed by atoms with Crippen molar-refractivity contribution in [3.63, 3.8) is 0 Å². The third kappa shape index (κ3) is 4.33. The third-order valence-corrected chi connectivity index (χ3v) is 5.10. The van der Waals surface area contributed by atoms with Crippen LogP contribution in [0, 0.1) is 13.8 Å². The van der Waals surface area contributed by atoms with E-state index in [4.69, 9.17) is 4.74 Å². The van der Waals surface area contributed by atoms with Gasteiger partial charge in [0.1, 0.15) is 5.82 Å². The Hall–Kier alpha value is -3.93. The van der Waals surface area contributed by atoms with E-state index >= 15 is 0 Å². The number of aryl methyl sites for hydroxylation is 2. The van der Waals surface area contributed by atoms with Crippen LogP contribution in [0.25, 0.3) is 22.4 Å². The predicted molar refractivity (Wildman–Crippen MR) is 121 cm³/mol. The topological polar surface area (TPSA) is 84.1 Å². The first-order valence-corrected chi connectivity index (χ1v) is 10.1. The molecule has 1 aromatic heterocycles. The van der Waals surface area contributed by atoms with Crippen LogP contribution in [0.4, 0.5) is 5.69 Å². The van der Waals surface area contributed by atoms with Gasteiger partial charge in [-0.25, -0.2) is 9.78 Å². The molecule has 0 aliphatic carbocycles. The van der Waals surface area contributed by atoms with Gasteiger partial charge >= 0.3 is 5.97 Å². The molecule has 156 valence electrons. The largest absolute Gasteiger partial charge is 0.449 e. The van der Waals surface area contributed by atoms with E-state index in [0.717, 1.165) is 22.2 Å². The van der Waals surface area contributed by atoms with Crippen LogP contribution in [-0.2, 0) is 9.53 Å². The van der Waals surface area contributed by atoms with Crippen molar-refractivity contribution in [1.29, 1.82) is 0 Å². The summed E-state index contributed by atoms with van der Waals surface area (Å²) in [5, 5.41) is 2.84. The number of H-pyrrole nitrogens is 1. The monoisotopic (exact) mass is 413 g/mol. The lowest BCUT2D eigenvalue weighted by molar-refractivity contribution is -0.123. The van der Waals surface area contributed by atoms with E-state index in [1.807, 2.05) is 62.4 Å². The summed E-state index contributed by atoms with van der Waals surface area (Å²) >= 11 is 0. The number of amides is 1. The summed E-state index contributed by atoms with van der Waals surface area (Å²) in [6, 6.07) is 20.5. The minimum Gasteiger partial charge on any atom is -0.449 e. The molecule has 6 heteroatoms. The molecule has 0 aliphatic heterocycles. The fraction of sp³-hybridized carbons (Fsp3) is 0.160. The van der Waals surface area contributed by atoms with Gasteiger partial charge in [-0.05, 0) is 56.2 Å². The molecule has 0 saturated heterocycles. The number of hydrogen-bond acceptors (Lipinski definition) is 4. The molecule has 0 fully saturated rings. The third-order valence-electron chi connectivity index (χ3n) is 5.10. The molecule has 4 rings (SSSR count). The van der Waals surface area contributed by atoms with E-state index in [-0.39, 0.29) is 5.91 Å². The number of imidazole rings is 1. The molecule has 1 unspecified atom stereocenters. The van der Waals surface area contributed by atoms with Gasteiger partial charge < -0.3 is 15.0 Å². The summed E-state index contributed by atoms with van der Waals surface area (Å²) in [5.41, 5.74) is 5.32. The number of carbonyl (C=O) groups is 2. The van der Waals surface area contributed by atoms with Crippen molar-refractivity contribution in [1.82, 2.24) is 9.97 Å². The summed E-state index contributed by atoms with van der Waals surface area (Å²) in [5.74, 6) is -0.399. The number of anilines is 1. The van der Waals surface area contributed by atoms with Gasteiger partial charge in [0, 0.05) is 11.3 Å². The average molecular weight is 413 g/mol. The number of esters is 1. The first-order chi connectivity index (χ1) is 14.9. The Bertz CT molecular complexity index is 1240. The Balaban J connectivity index is 1.53. The normalized spacial score (nSPS) is 11.8. The van der Waals surface area contributed by atoms with Crippen LogP contribution in [-0.4, -0.2) is 27.9 Å². The number of rotatable bonds is 5. The van der Waals surface area contributed by atoms with Crippen molar-refractivity contribution in [2.24, 2.45) is 0 Å². The van der Waals surface area contributed by atoms with Crippen LogP contribution >= 0.6 is 0 Å². The van der Waals surface area contributed by atoms with E-state index in [9.17, 15) is 9.59 Å². The Kier molecular flexibility index (Phi) is 5.54. The zero-order valence-electron chi connectivity index (χ0n) is 17.6. The van der Waals surface area contributed by atoms with Crippen LogP contribution in [0.3, 0.4) is 0 Å². The number of nitrogens with zero attached hydrogens (tertiary/aromatic N) is 1. The number of aromatic nitrogens is 2. The van der Waals surface area contributed by atoms with E-state index in [2.05, 4.69) is 15.3 Å². The molecule has 4 aromatic rings. The Morgan fingerprint density at radius 2 is 1.74 bits per heavy atom. The molecular formula is C25H23N3O3. The fourth-order valence-electron chi connectivity index (χ4n) is 3.33. The molecule has 0 bridgehead atoms. The van der Waals surface area contributed by atoms with Gasteiger partial charge in [0.25, 0.3) is 5.91 Å². The average Bonchev–Trinajstić information content (AvgIpc) is 3.20. The van der Waals surface area contributed by atoms with E-state index in [1.165, 1.54) is 0 Å². The maximum Gasteiger partial charge on any atom is 0.339 e. The number of fused-ring (bicyclic) bond motifs is 1. The first-order valence-electron chi connectivity index (χ1n) is 10.1. The van der Waals surface area contributed by atoms with Crippen LogP contribution in [0.5, 0.6) is 0 Å². The second-order valence-corrected chi connectivity index (χ2v) is 7.50. The van der Waals surface area contributed by atoms with Gasteiger partial charge in [-0.15, -0.1) is 0 Å². The van der Waals surface area contributed by atoms with Crippen molar-refractivity contribution >= 4 is 28.6 Å². The summed E-state index contributed by atoms with van der Waals surface area (Å²) in [7, 11) is 0. The molecule has 31 heavy (non-hydrogen) atoms. The second-order valence-electron chi connectivity index (χ2n) is 7.50. The van der Waals surface area contributed by atoms with Crippen LogP contribution in [0.1, 0.15) is 28.4 Å². The fourth-order valence-corrected chi connectivity index (χ4v) is 3.33. The van der Waals surface area contributed by atoms with Crippen molar-refractivity contribution in [3.8, 4) is 11.4 Å². The molecular weight excluding hydrogens is 390 g/mol. The van der Waals surface area contributed by atoms with Crippen molar-refractivity contribution in [2.75, 3.05) is 5.32 Å². The van der Waals surface area contributed by atoms with Gasteiger partial charge in [-0.1, -0.05) is 42.5 Å². The number of ether oxygens (including phenoxy) is 1. The Morgan fingerprint density at radius 3 is 2.55 bits per heavy atom. The second kappa shape index (κ2) is 8.44. The number of carbonyl (C=O) groups excluding carboxylic acids is 2. The molecule has 0 aliphatic rings. The van der Waals surface area contributed by atoms with E-state index in [0.29, 0.717) is 22.6 Å². The molecule has 0 radical (unpaired) electrons. The number of benzene rings is 3. The first kappa shape index (κ1) is 20.3.